The van der Waals surface area contributed by atoms with Crippen LogP contribution in [0.5, 0.6) is 0 Å². The van der Waals surface area contributed by atoms with E-state index in [2.05, 4.69) is 16.6 Å². The minimum absolute atomic E-state index is 0.176. The maximum absolute atomic E-state index is 12.9. The van der Waals surface area contributed by atoms with Crippen LogP contribution >= 0.6 is 11.6 Å². The molecule has 4 rings (SSSR count). The van der Waals surface area contributed by atoms with Crippen molar-refractivity contribution in [3.8, 4) is 11.1 Å². The average Bonchev–Trinajstić information content (AvgIpc) is 2.75. The number of nitrogens with two attached hydrogens (primary N) is 1. The molecule has 4 aromatic rings. The molecule has 0 saturated carbocycles. The van der Waals surface area contributed by atoms with Crippen molar-refractivity contribution < 1.29 is 8.42 Å². The van der Waals surface area contributed by atoms with E-state index in [9.17, 15) is 8.42 Å². The van der Waals surface area contributed by atoms with Crippen LogP contribution in [0.4, 0.5) is 11.4 Å². The fraction of sp³-hybridized carbons (Fsp3) is 0.125. The number of halogens is 1. The molecule has 158 valence electrons. The first-order chi connectivity index (χ1) is 14.9. The van der Waals surface area contributed by atoms with Gasteiger partial charge in [0, 0.05) is 27.5 Å². The largest absolute Gasteiger partial charge is 0.398 e. The molecule has 0 spiro atoms. The van der Waals surface area contributed by atoms with E-state index in [4.69, 9.17) is 17.3 Å². The Morgan fingerprint density at radius 2 is 1.58 bits per heavy atom. The highest BCUT2D eigenvalue weighted by Gasteiger charge is 2.15. The summed E-state index contributed by atoms with van der Waals surface area (Å²) in [4.78, 5) is 4.78. The summed E-state index contributed by atoms with van der Waals surface area (Å²) in [7, 11) is -3.75. The molecule has 0 radical (unpaired) electrons. The molecule has 0 aliphatic heterocycles. The monoisotopic (exact) mass is 451 g/mol. The fourth-order valence-electron chi connectivity index (χ4n) is 3.44. The number of hydrogen-bond donors (Lipinski definition) is 2. The van der Waals surface area contributed by atoms with Gasteiger partial charge >= 0.3 is 0 Å². The number of nitrogens with zero attached hydrogens (tertiary/aromatic N) is 1. The second-order valence-electron chi connectivity index (χ2n) is 7.32. The predicted molar refractivity (Wildman–Crippen MR) is 128 cm³/mol. The quantitative estimate of drug-likeness (QED) is 0.382. The van der Waals surface area contributed by atoms with Gasteiger partial charge in [0.1, 0.15) is 0 Å². The molecule has 3 N–H and O–H groups in total. The number of anilines is 2. The van der Waals surface area contributed by atoms with Crippen molar-refractivity contribution in [1.82, 2.24) is 4.98 Å². The van der Waals surface area contributed by atoms with Crippen LogP contribution in [0.3, 0.4) is 0 Å². The molecule has 7 heteroatoms. The second-order valence-corrected chi connectivity index (χ2v) is 9.44. The van der Waals surface area contributed by atoms with Gasteiger partial charge in [0.2, 0.25) is 0 Å². The molecule has 0 atom stereocenters. The van der Waals surface area contributed by atoms with E-state index < -0.39 is 10.0 Å². The van der Waals surface area contributed by atoms with Crippen molar-refractivity contribution in [2.24, 2.45) is 0 Å². The van der Waals surface area contributed by atoms with E-state index in [-0.39, 0.29) is 4.90 Å². The van der Waals surface area contributed by atoms with E-state index in [1.807, 2.05) is 18.2 Å². The van der Waals surface area contributed by atoms with Crippen LogP contribution in [0.1, 0.15) is 19.0 Å². The summed E-state index contributed by atoms with van der Waals surface area (Å²) in [5.41, 5.74) is 10.8. The summed E-state index contributed by atoms with van der Waals surface area (Å²) in [5.74, 6) is 0. The summed E-state index contributed by atoms with van der Waals surface area (Å²) in [6.07, 6.45) is 1.83. The van der Waals surface area contributed by atoms with Crippen LogP contribution in [0, 0.1) is 0 Å². The zero-order chi connectivity index (χ0) is 22.0. The number of fused-ring (bicyclic) bond motifs is 1. The van der Waals surface area contributed by atoms with Crippen LogP contribution in [-0.2, 0) is 16.4 Å². The van der Waals surface area contributed by atoms with Crippen LogP contribution in [0.25, 0.3) is 22.0 Å². The lowest BCUT2D eigenvalue weighted by molar-refractivity contribution is 0.601. The Kier molecular flexibility index (Phi) is 5.85. The SMILES string of the molecule is CCCc1cc(N)c2cc(NS(=O)(=O)c3ccc(-c4ccc(Cl)cc4)cc3)ccc2n1. The van der Waals surface area contributed by atoms with Gasteiger partial charge < -0.3 is 5.73 Å². The Bertz CT molecular complexity index is 1340. The zero-order valence-electron chi connectivity index (χ0n) is 17.0. The summed E-state index contributed by atoms with van der Waals surface area (Å²) in [6.45, 7) is 2.09. The lowest BCUT2D eigenvalue weighted by Crippen LogP contribution is -2.13. The first kappa shape index (κ1) is 21.2. The smallest absolute Gasteiger partial charge is 0.261 e. The highest BCUT2D eigenvalue weighted by molar-refractivity contribution is 7.92. The van der Waals surface area contributed by atoms with Crippen molar-refractivity contribution in [3.05, 3.63) is 83.5 Å². The molecule has 1 aromatic heterocycles. The van der Waals surface area contributed by atoms with E-state index in [1.54, 1.807) is 54.6 Å². The Morgan fingerprint density at radius 1 is 0.935 bits per heavy atom. The first-order valence-electron chi connectivity index (χ1n) is 9.94. The topological polar surface area (TPSA) is 85.1 Å². The molecule has 31 heavy (non-hydrogen) atoms. The number of aromatic nitrogens is 1. The van der Waals surface area contributed by atoms with E-state index in [0.717, 1.165) is 40.6 Å². The van der Waals surface area contributed by atoms with Crippen molar-refractivity contribution in [3.63, 3.8) is 0 Å². The molecular weight excluding hydrogens is 430 g/mol. The molecule has 0 aliphatic carbocycles. The normalized spacial score (nSPS) is 11.5. The third-order valence-corrected chi connectivity index (χ3v) is 6.64. The molecule has 0 saturated heterocycles. The molecule has 1 heterocycles. The molecular formula is C24H22ClN3O2S. The summed E-state index contributed by atoms with van der Waals surface area (Å²) in [6, 6.07) is 21.1. The van der Waals surface area contributed by atoms with Crippen molar-refractivity contribution in [2.45, 2.75) is 24.7 Å². The van der Waals surface area contributed by atoms with Crippen LogP contribution < -0.4 is 10.5 Å². The molecule has 0 aliphatic rings. The first-order valence-corrected chi connectivity index (χ1v) is 11.8. The Labute approximate surface area is 186 Å². The van der Waals surface area contributed by atoms with Crippen LogP contribution in [-0.4, -0.2) is 13.4 Å². The Balaban J connectivity index is 1.59. The second kappa shape index (κ2) is 8.57. The third-order valence-electron chi connectivity index (χ3n) is 4.99. The third kappa shape index (κ3) is 4.65. The average molecular weight is 452 g/mol. The Morgan fingerprint density at radius 3 is 2.23 bits per heavy atom. The highest BCUT2D eigenvalue weighted by Crippen LogP contribution is 2.27. The Hall–Kier alpha value is -3.09. The lowest BCUT2D eigenvalue weighted by atomic mass is 10.1. The summed E-state index contributed by atoms with van der Waals surface area (Å²) >= 11 is 5.93. The van der Waals surface area contributed by atoms with Gasteiger partial charge in [-0.2, -0.15) is 0 Å². The maximum atomic E-state index is 12.9. The van der Waals surface area contributed by atoms with E-state index in [0.29, 0.717) is 16.4 Å². The van der Waals surface area contributed by atoms with Gasteiger partial charge in [0.05, 0.1) is 10.4 Å². The standard InChI is InChI=1S/C24H22ClN3O2S/c1-2-3-19-15-23(26)22-14-20(10-13-24(22)27-19)28-31(29,30)21-11-6-17(7-12-21)16-4-8-18(25)9-5-16/h4-15,28H,2-3H2,1H3,(H2,26,27). The number of nitrogens with one attached hydrogen (secondary N) is 1. The summed E-state index contributed by atoms with van der Waals surface area (Å²) < 4.78 is 28.4. The molecule has 5 nitrogen and oxygen atoms in total. The molecule has 0 bridgehead atoms. The number of benzene rings is 3. The molecule has 0 amide bonds. The van der Waals surface area contributed by atoms with Gasteiger partial charge in [-0.1, -0.05) is 49.2 Å². The molecule has 0 unspecified atom stereocenters. The van der Waals surface area contributed by atoms with Gasteiger partial charge in [0.15, 0.2) is 0 Å². The minimum atomic E-state index is -3.75. The van der Waals surface area contributed by atoms with Gasteiger partial charge in [0.25, 0.3) is 10.0 Å². The highest BCUT2D eigenvalue weighted by atomic mass is 35.5. The van der Waals surface area contributed by atoms with Crippen molar-refractivity contribution in [2.75, 3.05) is 10.5 Å². The number of sulfonamides is 1. The number of aryl methyl sites for hydroxylation is 1. The van der Waals surface area contributed by atoms with Gasteiger partial charge in [-0.05, 0) is 66.1 Å². The lowest BCUT2D eigenvalue weighted by Gasteiger charge is -2.11. The van der Waals surface area contributed by atoms with Gasteiger partial charge in [-0.15, -0.1) is 0 Å². The fourth-order valence-corrected chi connectivity index (χ4v) is 4.62. The maximum Gasteiger partial charge on any atom is 0.261 e. The van der Waals surface area contributed by atoms with E-state index in [1.165, 1.54) is 0 Å². The van der Waals surface area contributed by atoms with E-state index >= 15 is 0 Å². The summed E-state index contributed by atoms with van der Waals surface area (Å²) in [5, 5.41) is 1.37. The number of hydrogen-bond acceptors (Lipinski definition) is 4. The van der Waals surface area contributed by atoms with Crippen molar-refractivity contribution in [1.29, 1.82) is 0 Å². The molecule has 0 fully saturated rings. The zero-order valence-corrected chi connectivity index (χ0v) is 18.5. The number of pyridine rings is 1. The number of nitrogen functional groups attached to an aromatic ring is 1. The predicted octanol–water partition coefficient (Wildman–Crippen LogP) is 5.89. The van der Waals surface area contributed by atoms with Gasteiger partial charge in [-0.25, -0.2) is 8.42 Å². The van der Waals surface area contributed by atoms with Crippen LogP contribution in [0.2, 0.25) is 5.02 Å². The molecule has 3 aromatic carbocycles. The van der Waals surface area contributed by atoms with Gasteiger partial charge in [-0.3, -0.25) is 9.71 Å². The van der Waals surface area contributed by atoms with Crippen LogP contribution in [0.15, 0.2) is 77.7 Å². The minimum Gasteiger partial charge on any atom is -0.398 e. The van der Waals surface area contributed by atoms with Crippen molar-refractivity contribution >= 4 is 43.9 Å². The number of rotatable bonds is 6.